The zero-order valence-electron chi connectivity index (χ0n) is 31.6. The molecule has 4 N–H and O–H groups in total. The highest BCUT2D eigenvalue weighted by molar-refractivity contribution is 6.00. The van der Waals surface area contributed by atoms with Crippen LogP contribution in [0.4, 0.5) is 4.79 Å². The number of hydrogen-bond donors (Lipinski definition) is 3. The van der Waals surface area contributed by atoms with Crippen LogP contribution in [-0.4, -0.2) is 77.1 Å². The van der Waals surface area contributed by atoms with E-state index in [4.69, 9.17) is 24.7 Å². The number of imidazole rings is 1. The van der Waals surface area contributed by atoms with Gasteiger partial charge in [-0.05, 0) is 89.0 Å². The Morgan fingerprint density at radius 1 is 0.962 bits per heavy atom. The molecule has 1 aliphatic rings. The number of nitrogens with two attached hydrogens (primary N) is 1. The molecule has 4 amide bonds. The van der Waals surface area contributed by atoms with Crippen LogP contribution in [0.5, 0.6) is 0 Å². The normalized spacial score (nSPS) is 16.0. The molecule has 4 rings (SSSR count). The molecule has 0 saturated carbocycles. The first-order chi connectivity index (χ1) is 25.2. The van der Waals surface area contributed by atoms with Crippen molar-refractivity contribution in [3.63, 3.8) is 0 Å². The highest BCUT2D eigenvalue weighted by Crippen LogP contribution is 2.25. The first-order valence-electron chi connectivity index (χ1n) is 18.4. The fraction of sp³-hybridized carbons (Fsp3) is 0.564. The van der Waals surface area contributed by atoms with Crippen molar-refractivity contribution in [1.82, 2.24) is 19.8 Å². The van der Waals surface area contributed by atoms with Gasteiger partial charge in [0.25, 0.3) is 0 Å². The molecule has 0 radical (unpaired) electrons. The number of ether oxygens (including phenoxy) is 4. The van der Waals surface area contributed by atoms with Crippen molar-refractivity contribution < 1.29 is 38.1 Å². The molecule has 53 heavy (non-hydrogen) atoms. The fourth-order valence-electron chi connectivity index (χ4n) is 6.34. The van der Waals surface area contributed by atoms with E-state index in [0.717, 1.165) is 35.9 Å². The number of alkyl carbamates (subject to hydrolysis) is 1. The van der Waals surface area contributed by atoms with E-state index in [1.165, 1.54) is 10.1 Å². The number of nitrogens with one attached hydrogen (secondary N) is 2. The van der Waals surface area contributed by atoms with E-state index < -0.39 is 35.6 Å². The molecule has 290 valence electrons. The molecule has 3 atom stereocenters. The Morgan fingerprint density at radius 3 is 2.26 bits per heavy atom. The summed E-state index contributed by atoms with van der Waals surface area (Å²) in [6.07, 6.45) is 3.23. The Kier molecular flexibility index (Phi) is 15.2. The van der Waals surface area contributed by atoms with E-state index in [9.17, 15) is 24.0 Å². The van der Waals surface area contributed by atoms with Gasteiger partial charge in [0.15, 0.2) is 0 Å². The zero-order chi connectivity index (χ0) is 38.5. The Labute approximate surface area is 310 Å². The topological polar surface area (TPSA) is 182 Å². The second kappa shape index (κ2) is 19.5. The van der Waals surface area contributed by atoms with Crippen LogP contribution in [0.1, 0.15) is 89.0 Å². The number of benzene rings is 2. The first-order valence-corrected chi connectivity index (χ1v) is 18.4. The van der Waals surface area contributed by atoms with Crippen molar-refractivity contribution in [2.75, 3.05) is 26.4 Å². The Morgan fingerprint density at radius 2 is 1.62 bits per heavy atom. The number of primary amides is 1. The zero-order valence-corrected chi connectivity index (χ0v) is 31.6. The lowest BCUT2D eigenvalue weighted by Crippen LogP contribution is -2.45. The number of amides is 4. The maximum Gasteiger partial charge on any atom is 0.407 e. The summed E-state index contributed by atoms with van der Waals surface area (Å²) in [5.74, 6) is -1.20. The van der Waals surface area contributed by atoms with Crippen LogP contribution in [-0.2, 0) is 59.8 Å². The Balaban J connectivity index is 1.11. The van der Waals surface area contributed by atoms with E-state index >= 15 is 0 Å². The third-order valence-corrected chi connectivity index (χ3v) is 9.08. The van der Waals surface area contributed by atoms with Crippen LogP contribution in [0, 0.1) is 0 Å². The number of carbonyl (C=O) groups is 4. The van der Waals surface area contributed by atoms with Crippen LogP contribution in [0.2, 0.25) is 0 Å². The van der Waals surface area contributed by atoms with Gasteiger partial charge in [-0.25, -0.2) is 9.59 Å². The molecule has 1 aromatic heterocycles. The van der Waals surface area contributed by atoms with Gasteiger partial charge in [-0.2, -0.15) is 0 Å². The summed E-state index contributed by atoms with van der Waals surface area (Å²) in [4.78, 5) is 60.9. The minimum Gasteiger partial charge on any atom is -0.444 e. The van der Waals surface area contributed by atoms with Crippen molar-refractivity contribution in [2.45, 2.75) is 109 Å². The standard InChI is InChI=1S/C39H55N5O9/c1-26(30(17-19-33(40)45)41-37(48)53-39(2,3)4)52-25-28-15-13-27(14-16-28)9-7-21-50-23-24-51-22-8-11-29-10-6-12-31-35(29)43(5)38(49)44(31)32-18-20-34(46)42-36(32)47/h6,10,12-16,26,30,32H,7-9,11,17-25H2,1-5H3,(H2,40,45)(H,41,48)(H,42,46,47)/t26-,30+,32?/m1/s1. The maximum atomic E-state index is 13.1. The van der Waals surface area contributed by atoms with Crippen LogP contribution in [0.25, 0.3) is 11.0 Å². The summed E-state index contributed by atoms with van der Waals surface area (Å²) < 4.78 is 26.1. The average Bonchev–Trinajstić information content (AvgIpc) is 3.35. The molecule has 1 saturated heterocycles. The van der Waals surface area contributed by atoms with Gasteiger partial charge in [-0.3, -0.25) is 28.8 Å². The van der Waals surface area contributed by atoms with Gasteiger partial charge in [-0.15, -0.1) is 0 Å². The molecule has 0 aliphatic carbocycles. The van der Waals surface area contributed by atoms with E-state index in [1.54, 1.807) is 32.4 Å². The first kappa shape index (κ1) is 41.2. The van der Waals surface area contributed by atoms with Gasteiger partial charge in [0.2, 0.25) is 17.7 Å². The van der Waals surface area contributed by atoms with Gasteiger partial charge in [0, 0.05) is 33.1 Å². The average molecular weight is 738 g/mol. The van der Waals surface area contributed by atoms with Crippen molar-refractivity contribution in [3.8, 4) is 0 Å². The molecule has 2 aromatic carbocycles. The second-order valence-corrected chi connectivity index (χ2v) is 14.5. The van der Waals surface area contributed by atoms with Crippen molar-refractivity contribution >= 4 is 34.8 Å². The third kappa shape index (κ3) is 12.5. The quantitative estimate of drug-likeness (QED) is 0.114. The van der Waals surface area contributed by atoms with E-state index in [1.807, 2.05) is 37.3 Å². The maximum absolute atomic E-state index is 13.1. The van der Waals surface area contributed by atoms with Gasteiger partial charge in [0.1, 0.15) is 11.6 Å². The molecule has 14 heteroatoms. The van der Waals surface area contributed by atoms with E-state index in [2.05, 4.69) is 22.8 Å². The number of carbonyl (C=O) groups excluding carboxylic acids is 4. The number of aromatic nitrogens is 2. The molecular formula is C39H55N5O9. The number of fused-ring (bicyclic) bond motifs is 1. The summed E-state index contributed by atoms with van der Waals surface area (Å²) in [5.41, 5.74) is 9.07. The monoisotopic (exact) mass is 737 g/mol. The predicted molar refractivity (Wildman–Crippen MR) is 199 cm³/mol. The third-order valence-electron chi connectivity index (χ3n) is 9.08. The molecule has 0 spiro atoms. The smallest absolute Gasteiger partial charge is 0.407 e. The number of imide groups is 1. The Bertz CT molecular complexity index is 1760. The SMILES string of the molecule is C[C@@H](OCc1ccc(CCCOCCOCCCc2cccc3c2n(C)c(=O)n3C2CCC(=O)NC2=O)cc1)[C@H](CCC(N)=O)NC(=O)OC(C)(C)C. The number of hydrogen-bond acceptors (Lipinski definition) is 9. The van der Waals surface area contributed by atoms with Gasteiger partial charge >= 0.3 is 11.8 Å². The fourth-order valence-corrected chi connectivity index (χ4v) is 6.34. The van der Waals surface area contributed by atoms with Crippen molar-refractivity contribution in [1.29, 1.82) is 0 Å². The minimum atomic E-state index is -0.706. The van der Waals surface area contributed by atoms with Crippen LogP contribution in [0.15, 0.2) is 47.3 Å². The number of aryl methyl sites for hydroxylation is 3. The number of rotatable bonds is 20. The summed E-state index contributed by atoms with van der Waals surface area (Å²) in [5, 5.41) is 5.16. The van der Waals surface area contributed by atoms with E-state index in [-0.39, 0.29) is 30.5 Å². The summed E-state index contributed by atoms with van der Waals surface area (Å²) in [6, 6.07) is 12.7. The van der Waals surface area contributed by atoms with Crippen molar-refractivity contribution in [3.05, 3.63) is 69.6 Å². The largest absolute Gasteiger partial charge is 0.444 e. The van der Waals surface area contributed by atoms with E-state index in [0.29, 0.717) is 57.8 Å². The van der Waals surface area contributed by atoms with Crippen LogP contribution in [0.3, 0.4) is 0 Å². The highest BCUT2D eigenvalue weighted by atomic mass is 16.6. The highest BCUT2D eigenvalue weighted by Gasteiger charge is 2.31. The number of para-hydroxylation sites is 1. The molecule has 1 fully saturated rings. The number of nitrogens with zero attached hydrogens (tertiary/aromatic N) is 2. The summed E-state index contributed by atoms with van der Waals surface area (Å²) >= 11 is 0. The molecule has 3 aromatic rings. The minimum absolute atomic E-state index is 0.121. The lowest BCUT2D eigenvalue weighted by Gasteiger charge is -2.27. The lowest BCUT2D eigenvalue weighted by molar-refractivity contribution is -0.135. The number of piperidine rings is 1. The summed E-state index contributed by atoms with van der Waals surface area (Å²) in [6.45, 7) is 9.70. The predicted octanol–water partition coefficient (Wildman–Crippen LogP) is 3.98. The molecule has 1 aliphatic heterocycles. The lowest BCUT2D eigenvalue weighted by atomic mass is 10.0. The Hall–Kier alpha value is -4.53. The summed E-state index contributed by atoms with van der Waals surface area (Å²) in [7, 11) is 1.71. The van der Waals surface area contributed by atoms with Gasteiger partial charge in [-0.1, -0.05) is 36.4 Å². The van der Waals surface area contributed by atoms with Gasteiger partial charge in [0.05, 0.1) is 43.0 Å². The van der Waals surface area contributed by atoms with Crippen molar-refractivity contribution in [2.24, 2.45) is 12.8 Å². The molecular weight excluding hydrogens is 682 g/mol. The second-order valence-electron chi connectivity index (χ2n) is 14.5. The molecule has 0 bridgehead atoms. The molecule has 1 unspecified atom stereocenters. The van der Waals surface area contributed by atoms with Crippen LogP contribution >= 0.6 is 0 Å². The molecule has 2 heterocycles. The van der Waals surface area contributed by atoms with Crippen LogP contribution < -0.4 is 22.1 Å². The van der Waals surface area contributed by atoms with Gasteiger partial charge < -0.3 is 30.0 Å². The molecule has 14 nitrogen and oxygen atoms in total.